The molecule has 0 N–H and O–H groups in total. The predicted octanol–water partition coefficient (Wildman–Crippen LogP) is 5.44. The Kier molecular flexibility index (Phi) is 3.90. The second-order valence-electron chi connectivity index (χ2n) is 5.26. The van der Waals surface area contributed by atoms with Crippen molar-refractivity contribution in [2.24, 2.45) is 0 Å². The summed E-state index contributed by atoms with van der Waals surface area (Å²) in [6, 6.07) is 21.8. The molecule has 1 aliphatic heterocycles. The van der Waals surface area contributed by atoms with Crippen LogP contribution in [0.15, 0.2) is 92.0 Å². The van der Waals surface area contributed by atoms with Crippen LogP contribution in [0.25, 0.3) is 0 Å². The maximum Gasteiger partial charge on any atom is 0.268 e. The minimum atomic E-state index is -3.71. The largest absolute Gasteiger partial charge is 0.268 e. The lowest BCUT2D eigenvalue weighted by atomic mass is 10.2. The molecule has 0 aliphatic carbocycles. The van der Waals surface area contributed by atoms with Crippen LogP contribution in [0.3, 0.4) is 0 Å². The maximum atomic E-state index is 13.3. The molecule has 0 radical (unpaired) electrons. The van der Waals surface area contributed by atoms with Crippen LogP contribution >= 0.6 is 27.7 Å². The van der Waals surface area contributed by atoms with Gasteiger partial charge in [0.2, 0.25) is 0 Å². The van der Waals surface area contributed by atoms with E-state index in [4.69, 9.17) is 0 Å². The molecule has 1 heterocycles. The molecule has 3 aromatic carbocycles. The van der Waals surface area contributed by atoms with Gasteiger partial charge in [-0.2, -0.15) is 0 Å². The summed E-state index contributed by atoms with van der Waals surface area (Å²) in [6.45, 7) is 0. The van der Waals surface area contributed by atoms with Gasteiger partial charge in [-0.1, -0.05) is 52.0 Å². The highest BCUT2D eigenvalue weighted by Gasteiger charge is 2.33. The number of rotatable bonds is 2. The zero-order chi connectivity index (χ0) is 16.7. The van der Waals surface area contributed by atoms with E-state index in [0.29, 0.717) is 11.4 Å². The van der Waals surface area contributed by atoms with E-state index in [1.807, 2.05) is 48.5 Å². The lowest BCUT2D eigenvalue weighted by Gasteiger charge is -2.31. The van der Waals surface area contributed by atoms with E-state index in [9.17, 15) is 8.42 Å². The molecule has 120 valence electrons. The van der Waals surface area contributed by atoms with E-state index in [1.54, 1.807) is 36.0 Å². The first-order chi connectivity index (χ1) is 11.6. The van der Waals surface area contributed by atoms with Crippen molar-refractivity contribution >= 4 is 49.1 Å². The highest BCUT2D eigenvalue weighted by Crippen LogP contribution is 2.49. The van der Waals surface area contributed by atoms with Gasteiger partial charge in [0.1, 0.15) is 0 Å². The highest BCUT2D eigenvalue weighted by molar-refractivity contribution is 9.10. The van der Waals surface area contributed by atoms with Crippen molar-refractivity contribution < 1.29 is 8.42 Å². The molecule has 3 nitrogen and oxygen atoms in total. The Morgan fingerprint density at radius 2 is 1.25 bits per heavy atom. The number of hydrogen-bond acceptors (Lipinski definition) is 3. The van der Waals surface area contributed by atoms with Gasteiger partial charge in [0.05, 0.1) is 16.3 Å². The van der Waals surface area contributed by atoms with Gasteiger partial charge >= 0.3 is 0 Å². The van der Waals surface area contributed by atoms with E-state index in [1.165, 1.54) is 4.31 Å². The Morgan fingerprint density at radius 1 is 0.750 bits per heavy atom. The summed E-state index contributed by atoms with van der Waals surface area (Å²) in [6.07, 6.45) is 0. The SMILES string of the molecule is O=S(=O)(c1ccc(Br)cc1)N1c2ccccc2Sc2ccccc21. The van der Waals surface area contributed by atoms with Crippen LogP contribution in [0.1, 0.15) is 0 Å². The van der Waals surface area contributed by atoms with Gasteiger partial charge in [0.25, 0.3) is 10.0 Å². The molecular formula is C18H12BrNO2S2. The van der Waals surface area contributed by atoms with Crippen LogP contribution in [-0.4, -0.2) is 8.42 Å². The van der Waals surface area contributed by atoms with E-state index in [2.05, 4.69) is 15.9 Å². The summed E-state index contributed by atoms with van der Waals surface area (Å²) < 4.78 is 28.9. The summed E-state index contributed by atoms with van der Waals surface area (Å²) in [4.78, 5) is 2.12. The molecule has 0 saturated heterocycles. The van der Waals surface area contributed by atoms with Gasteiger partial charge in [-0.05, 0) is 48.5 Å². The molecule has 0 atom stereocenters. The lowest BCUT2D eigenvalue weighted by molar-refractivity contribution is 0.595. The van der Waals surface area contributed by atoms with Crippen molar-refractivity contribution in [1.29, 1.82) is 0 Å². The highest BCUT2D eigenvalue weighted by atomic mass is 79.9. The van der Waals surface area contributed by atoms with E-state index in [0.717, 1.165) is 14.3 Å². The Balaban J connectivity index is 1.96. The third-order valence-electron chi connectivity index (χ3n) is 3.74. The number of anilines is 2. The number of nitrogens with zero attached hydrogens (tertiary/aromatic N) is 1. The molecule has 0 amide bonds. The third-order valence-corrected chi connectivity index (χ3v) is 7.14. The molecule has 0 aromatic heterocycles. The number of halogens is 1. The van der Waals surface area contributed by atoms with Gasteiger partial charge in [0.15, 0.2) is 0 Å². The van der Waals surface area contributed by atoms with E-state index >= 15 is 0 Å². The first-order valence-corrected chi connectivity index (χ1v) is 10.3. The topological polar surface area (TPSA) is 37.4 Å². The lowest BCUT2D eigenvalue weighted by Crippen LogP contribution is -2.28. The second-order valence-corrected chi connectivity index (χ2v) is 9.05. The van der Waals surface area contributed by atoms with Gasteiger partial charge in [-0.15, -0.1) is 0 Å². The summed E-state index contributed by atoms with van der Waals surface area (Å²) in [5.41, 5.74) is 1.37. The number of sulfonamides is 1. The molecule has 3 aromatic rings. The summed E-state index contributed by atoms with van der Waals surface area (Å²) in [5.74, 6) is 0. The Hall–Kier alpha value is -1.76. The van der Waals surface area contributed by atoms with Crippen LogP contribution in [0.5, 0.6) is 0 Å². The molecule has 0 fully saturated rings. The van der Waals surface area contributed by atoms with Crippen LogP contribution in [0, 0.1) is 0 Å². The molecule has 0 spiro atoms. The van der Waals surface area contributed by atoms with Crippen molar-refractivity contribution in [3.05, 3.63) is 77.3 Å². The van der Waals surface area contributed by atoms with Crippen LogP contribution in [-0.2, 0) is 10.0 Å². The van der Waals surface area contributed by atoms with Gasteiger partial charge in [0, 0.05) is 14.3 Å². The maximum absolute atomic E-state index is 13.3. The van der Waals surface area contributed by atoms with E-state index < -0.39 is 10.0 Å². The Labute approximate surface area is 153 Å². The van der Waals surface area contributed by atoms with Gasteiger partial charge < -0.3 is 0 Å². The zero-order valence-electron chi connectivity index (χ0n) is 12.4. The quantitative estimate of drug-likeness (QED) is 0.556. The third kappa shape index (κ3) is 2.55. The summed E-state index contributed by atoms with van der Waals surface area (Å²) in [5, 5.41) is 0. The summed E-state index contributed by atoms with van der Waals surface area (Å²) >= 11 is 4.93. The number of benzene rings is 3. The van der Waals surface area contributed by atoms with Gasteiger partial charge in [-0.3, -0.25) is 0 Å². The minimum absolute atomic E-state index is 0.266. The average molecular weight is 418 g/mol. The number of hydrogen-bond donors (Lipinski definition) is 0. The average Bonchev–Trinajstić information content (AvgIpc) is 2.59. The molecule has 1 aliphatic rings. The van der Waals surface area contributed by atoms with E-state index in [-0.39, 0.29) is 4.90 Å². The van der Waals surface area contributed by atoms with Crippen molar-refractivity contribution in [1.82, 2.24) is 0 Å². The van der Waals surface area contributed by atoms with Crippen molar-refractivity contribution in [3.8, 4) is 0 Å². The first kappa shape index (κ1) is 15.7. The van der Waals surface area contributed by atoms with Crippen LogP contribution < -0.4 is 4.31 Å². The molecule has 24 heavy (non-hydrogen) atoms. The first-order valence-electron chi connectivity index (χ1n) is 7.24. The summed E-state index contributed by atoms with van der Waals surface area (Å²) in [7, 11) is -3.71. The molecule has 4 rings (SSSR count). The molecular weight excluding hydrogens is 406 g/mol. The minimum Gasteiger partial charge on any atom is -0.232 e. The fourth-order valence-electron chi connectivity index (χ4n) is 2.64. The fourth-order valence-corrected chi connectivity index (χ4v) is 5.61. The molecule has 0 saturated carbocycles. The Bertz CT molecular complexity index is 972. The van der Waals surface area contributed by atoms with Gasteiger partial charge in [-0.25, -0.2) is 12.7 Å². The standard InChI is InChI=1S/C18H12BrNO2S2/c19-13-9-11-14(12-10-13)24(21,22)20-15-5-1-3-7-17(15)23-18-8-4-2-6-16(18)20/h1-12H. The molecule has 0 bridgehead atoms. The van der Waals surface area contributed by atoms with Crippen molar-refractivity contribution in [2.75, 3.05) is 4.31 Å². The molecule has 0 unspecified atom stereocenters. The van der Waals surface area contributed by atoms with Crippen molar-refractivity contribution in [3.63, 3.8) is 0 Å². The smallest absolute Gasteiger partial charge is 0.232 e. The molecule has 6 heteroatoms. The number of fused-ring (bicyclic) bond motifs is 2. The van der Waals surface area contributed by atoms with Crippen LogP contribution in [0.2, 0.25) is 0 Å². The monoisotopic (exact) mass is 417 g/mol. The Morgan fingerprint density at radius 3 is 1.79 bits per heavy atom. The fraction of sp³-hybridized carbons (Fsp3) is 0. The van der Waals surface area contributed by atoms with Crippen LogP contribution in [0.4, 0.5) is 11.4 Å². The zero-order valence-corrected chi connectivity index (χ0v) is 15.6. The predicted molar refractivity (Wildman–Crippen MR) is 100 cm³/mol. The van der Waals surface area contributed by atoms with Crippen molar-refractivity contribution in [2.45, 2.75) is 14.7 Å². The number of para-hydroxylation sites is 2. The second kappa shape index (κ2) is 5.95. The normalized spacial score (nSPS) is 13.3.